The number of carbonyl (C=O) groups excluding carboxylic acids is 2. The molecule has 1 aliphatic rings. The van der Waals surface area contributed by atoms with Gasteiger partial charge in [-0.25, -0.2) is 4.79 Å². The van der Waals surface area contributed by atoms with Gasteiger partial charge >= 0.3 is 12.0 Å². The normalized spacial score (nSPS) is 14.9. The molecule has 4 aromatic carbocycles. The van der Waals surface area contributed by atoms with Crippen LogP contribution in [0.1, 0.15) is 22.8 Å². The van der Waals surface area contributed by atoms with E-state index in [1.165, 1.54) is 12.0 Å². The molecule has 0 saturated carbocycles. The Hall–Kier alpha value is -5.17. The van der Waals surface area contributed by atoms with E-state index < -0.39 is 5.97 Å². The Morgan fingerprint density at radius 3 is 2.00 bits per heavy atom. The van der Waals surface area contributed by atoms with Crippen molar-refractivity contribution in [2.75, 3.05) is 18.6 Å². The molecule has 194 valence electrons. The third-order valence-electron chi connectivity index (χ3n) is 6.21. The summed E-state index contributed by atoms with van der Waals surface area (Å²) in [5.74, 6) is -0.661. The molecule has 1 aliphatic heterocycles. The molecule has 7 nitrogen and oxygen atoms in total. The van der Waals surface area contributed by atoms with Crippen LogP contribution >= 0.6 is 0 Å². The van der Waals surface area contributed by atoms with Crippen LogP contribution in [-0.4, -0.2) is 36.5 Å². The van der Waals surface area contributed by atoms with Crippen molar-refractivity contribution in [3.05, 3.63) is 126 Å². The smallest absolute Gasteiger partial charge is 0.340 e. The van der Waals surface area contributed by atoms with Gasteiger partial charge < -0.3 is 14.4 Å². The van der Waals surface area contributed by atoms with Gasteiger partial charge in [-0.1, -0.05) is 60.7 Å². The second kappa shape index (κ2) is 11.5. The fourth-order valence-electron chi connectivity index (χ4n) is 4.30. The van der Waals surface area contributed by atoms with Crippen LogP contribution in [-0.2, 0) is 14.3 Å². The van der Waals surface area contributed by atoms with Crippen molar-refractivity contribution in [2.24, 2.45) is 4.99 Å². The van der Waals surface area contributed by atoms with Crippen LogP contribution in [0.4, 0.5) is 22.7 Å². The predicted octanol–water partition coefficient (Wildman–Crippen LogP) is 6.85. The zero-order valence-corrected chi connectivity index (χ0v) is 21.7. The molecule has 0 N–H and O–H groups in total. The van der Waals surface area contributed by atoms with Crippen molar-refractivity contribution in [2.45, 2.75) is 6.92 Å². The lowest BCUT2D eigenvalue weighted by Gasteiger charge is -2.25. The summed E-state index contributed by atoms with van der Waals surface area (Å²) in [5.41, 5.74) is 4.50. The molecule has 5 rings (SSSR count). The van der Waals surface area contributed by atoms with Gasteiger partial charge in [-0.05, 0) is 67.1 Å². The molecular weight excluding hydrogens is 490 g/mol. The number of aliphatic imine (C=N–C) groups is 1. The molecule has 0 aliphatic carbocycles. The van der Waals surface area contributed by atoms with Gasteiger partial charge in [-0.2, -0.15) is 4.99 Å². The molecular formula is C32H27N3O4. The Kier molecular flexibility index (Phi) is 7.50. The van der Waals surface area contributed by atoms with Gasteiger partial charge in [0.05, 0.1) is 18.4 Å². The van der Waals surface area contributed by atoms with E-state index in [4.69, 9.17) is 9.47 Å². The summed E-state index contributed by atoms with van der Waals surface area (Å²) in [7, 11) is 1.31. The standard InChI is InChI=1S/C32H27N3O4/c1-3-34-30(36)29(39-32(34)33-28-17-11-10-16-27(28)31(37)38-2)22-23-18-20-26(21-19-23)35(24-12-6-4-7-13-24)25-14-8-5-9-15-25/h4-22H,3H2,1-2H3/b29-22+,33-32?. The fraction of sp³-hybridized carbons (Fsp3) is 0.0938. The number of likely N-dealkylation sites (N-methyl/N-ethyl adjacent to an activating group) is 1. The van der Waals surface area contributed by atoms with Gasteiger partial charge in [-0.15, -0.1) is 0 Å². The van der Waals surface area contributed by atoms with Gasteiger partial charge in [0, 0.05) is 23.6 Å². The van der Waals surface area contributed by atoms with E-state index in [2.05, 4.69) is 34.2 Å². The van der Waals surface area contributed by atoms with Crippen LogP contribution < -0.4 is 4.90 Å². The quantitative estimate of drug-likeness (QED) is 0.198. The largest absolute Gasteiger partial charge is 0.465 e. The molecule has 0 radical (unpaired) electrons. The van der Waals surface area contributed by atoms with E-state index in [1.807, 2.05) is 67.6 Å². The average molecular weight is 518 g/mol. The number of benzene rings is 4. The summed E-state index contributed by atoms with van der Waals surface area (Å²) in [6.07, 6.45) is 1.69. The Morgan fingerprint density at radius 2 is 1.41 bits per heavy atom. The van der Waals surface area contributed by atoms with Crippen molar-refractivity contribution in [1.29, 1.82) is 0 Å². The minimum Gasteiger partial charge on any atom is -0.465 e. The van der Waals surface area contributed by atoms with Gasteiger partial charge in [0.2, 0.25) is 0 Å². The Labute approximate surface area is 227 Å². The highest BCUT2D eigenvalue weighted by molar-refractivity contribution is 6.12. The third-order valence-corrected chi connectivity index (χ3v) is 6.21. The van der Waals surface area contributed by atoms with Crippen molar-refractivity contribution in [3.8, 4) is 0 Å². The summed E-state index contributed by atoms with van der Waals surface area (Å²) >= 11 is 0. The Balaban J connectivity index is 1.44. The number of nitrogens with zero attached hydrogens (tertiary/aromatic N) is 3. The molecule has 0 atom stereocenters. The highest BCUT2D eigenvalue weighted by Crippen LogP contribution is 2.34. The van der Waals surface area contributed by atoms with Gasteiger partial charge in [0.25, 0.3) is 5.91 Å². The van der Waals surface area contributed by atoms with Crippen LogP contribution in [0.15, 0.2) is 120 Å². The first kappa shape index (κ1) is 25.5. The van der Waals surface area contributed by atoms with Crippen molar-refractivity contribution >= 4 is 46.7 Å². The topological polar surface area (TPSA) is 71.4 Å². The molecule has 0 unspecified atom stereocenters. The van der Waals surface area contributed by atoms with E-state index in [-0.39, 0.29) is 23.3 Å². The van der Waals surface area contributed by atoms with Crippen LogP contribution in [0.3, 0.4) is 0 Å². The molecule has 1 fully saturated rings. The minimum atomic E-state index is -0.516. The number of anilines is 3. The second-order valence-electron chi connectivity index (χ2n) is 8.66. The lowest BCUT2D eigenvalue weighted by atomic mass is 10.1. The first-order valence-corrected chi connectivity index (χ1v) is 12.6. The van der Waals surface area contributed by atoms with Crippen LogP contribution in [0, 0.1) is 0 Å². The number of ether oxygens (including phenoxy) is 2. The molecule has 0 spiro atoms. The number of hydrogen-bond donors (Lipinski definition) is 0. The van der Waals surface area contributed by atoms with E-state index in [0.717, 1.165) is 22.6 Å². The van der Waals surface area contributed by atoms with E-state index in [1.54, 1.807) is 30.3 Å². The number of para-hydroxylation sites is 3. The van der Waals surface area contributed by atoms with Gasteiger partial charge in [-0.3, -0.25) is 9.69 Å². The van der Waals surface area contributed by atoms with Crippen LogP contribution in [0.2, 0.25) is 0 Å². The van der Waals surface area contributed by atoms with Gasteiger partial charge in [0.1, 0.15) is 0 Å². The molecule has 4 aromatic rings. The van der Waals surface area contributed by atoms with Gasteiger partial charge in [0.15, 0.2) is 5.76 Å². The predicted molar refractivity (Wildman–Crippen MR) is 152 cm³/mol. The zero-order valence-electron chi connectivity index (χ0n) is 21.7. The van der Waals surface area contributed by atoms with Crippen LogP contribution in [0.25, 0.3) is 6.08 Å². The molecule has 39 heavy (non-hydrogen) atoms. The maximum Gasteiger partial charge on any atom is 0.340 e. The molecule has 1 amide bonds. The first-order chi connectivity index (χ1) is 19.1. The highest BCUT2D eigenvalue weighted by Gasteiger charge is 2.34. The Bertz CT molecular complexity index is 1490. The number of esters is 1. The molecule has 0 aromatic heterocycles. The summed E-state index contributed by atoms with van der Waals surface area (Å²) < 4.78 is 10.7. The molecule has 1 heterocycles. The number of hydrogen-bond acceptors (Lipinski definition) is 6. The fourth-order valence-corrected chi connectivity index (χ4v) is 4.30. The monoisotopic (exact) mass is 517 g/mol. The maximum atomic E-state index is 13.1. The lowest BCUT2D eigenvalue weighted by Crippen LogP contribution is -2.29. The summed E-state index contributed by atoms with van der Waals surface area (Å²) in [4.78, 5) is 33.3. The highest BCUT2D eigenvalue weighted by atomic mass is 16.5. The zero-order chi connectivity index (χ0) is 27.2. The van der Waals surface area contributed by atoms with Crippen molar-refractivity contribution < 1.29 is 19.1 Å². The lowest BCUT2D eigenvalue weighted by molar-refractivity contribution is -0.122. The number of amidine groups is 1. The SMILES string of the molecule is CCN1C(=O)/C(=C\c2ccc(N(c3ccccc3)c3ccccc3)cc2)OC1=Nc1ccccc1C(=O)OC. The van der Waals surface area contributed by atoms with E-state index in [0.29, 0.717) is 12.2 Å². The van der Waals surface area contributed by atoms with Crippen molar-refractivity contribution in [1.82, 2.24) is 4.90 Å². The maximum absolute atomic E-state index is 13.1. The Morgan fingerprint density at radius 1 is 0.846 bits per heavy atom. The van der Waals surface area contributed by atoms with E-state index in [9.17, 15) is 9.59 Å². The van der Waals surface area contributed by atoms with Crippen LogP contribution in [0.5, 0.6) is 0 Å². The summed E-state index contributed by atoms with van der Waals surface area (Å²) in [5, 5.41) is 0. The third kappa shape index (κ3) is 5.43. The average Bonchev–Trinajstić information content (AvgIpc) is 3.28. The second-order valence-corrected chi connectivity index (χ2v) is 8.66. The number of carbonyl (C=O) groups is 2. The number of amides is 1. The molecule has 1 saturated heterocycles. The van der Waals surface area contributed by atoms with Crippen molar-refractivity contribution in [3.63, 3.8) is 0 Å². The summed E-state index contributed by atoms with van der Waals surface area (Å²) in [6, 6.07) is 35.0. The molecule has 0 bridgehead atoms. The number of methoxy groups -OCH3 is 1. The minimum absolute atomic E-state index is 0.112. The molecule has 7 heteroatoms. The first-order valence-electron chi connectivity index (χ1n) is 12.6. The summed E-state index contributed by atoms with van der Waals surface area (Å²) in [6.45, 7) is 2.19. The van der Waals surface area contributed by atoms with E-state index >= 15 is 0 Å². The number of rotatable bonds is 7.